The van der Waals surface area contributed by atoms with Crippen LogP contribution >= 0.6 is 0 Å². The summed E-state index contributed by atoms with van der Waals surface area (Å²) in [5.74, 6) is 0. The van der Waals surface area contributed by atoms with Crippen LogP contribution in [0.1, 0.15) is 36.8 Å². The SMILES string of the molecule is Cc1cc[n+](CCCCCC[n+]2ccc(C)cc2)cc1. The summed E-state index contributed by atoms with van der Waals surface area (Å²) in [5, 5.41) is 0. The topological polar surface area (TPSA) is 7.76 Å². The Labute approximate surface area is 122 Å². The lowest BCUT2D eigenvalue weighted by Gasteiger charge is -1.99. The van der Waals surface area contributed by atoms with E-state index in [0.29, 0.717) is 0 Å². The second-order valence-corrected chi connectivity index (χ2v) is 5.64. The van der Waals surface area contributed by atoms with Gasteiger partial charge in [-0.25, -0.2) is 9.13 Å². The first-order valence-electron chi connectivity index (χ1n) is 7.65. The molecular weight excluding hydrogens is 244 g/mol. The molecule has 0 unspecified atom stereocenters. The molecule has 0 N–H and O–H groups in total. The fourth-order valence-electron chi connectivity index (χ4n) is 2.30. The lowest BCUT2D eigenvalue weighted by atomic mass is 10.2. The van der Waals surface area contributed by atoms with Crippen molar-refractivity contribution < 1.29 is 9.13 Å². The van der Waals surface area contributed by atoms with Crippen LogP contribution in [-0.4, -0.2) is 0 Å². The van der Waals surface area contributed by atoms with E-state index in [-0.39, 0.29) is 0 Å². The smallest absolute Gasteiger partial charge is 0.169 e. The van der Waals surface area contributed by atoms with E-state index < -0.39 is 0 Å². The molecule has 20 heavy (non-hydrogen) atoms. The molecule has 0 aliphatic rings. The maximum absolute atomic E-state index is 2.28. The van der Waals surface area contributed by atoms with Gasteiger partial charge in [0.2, 0.25) is 0 Å². The largest absolute Gasteiger partial charge is 0.205 e. The maximum Gasteiger partial charge on any atom is 0.169 e. The first-order chi connectivity index (χ1) is 9.74. The third-order valence-electron chi connectivity index (χ3n) is 3.70. The van der Waals surface area contributed by atoms with Gasteiger partial charge in [-0.05, 0) is 37.8 Å². The van der Waals surface area contributed by atoms with Crippen LogP contribution in [0.2, 0.25) is 0 Å². The molecule has 106 valence electrons. The average Bonchev–Trinajstić information content (AvgIpc) is 2.46. The van der Waals surface area contributed by atoms with Crippen LogP contribution in [0, 0.1) is 13.8 Å². The van der Waals surface area contributed by atoms with Crippen LogP contribution in [0.4, 0.5) is 0 Å². The summed E-state index contributed by atoms with van der Waals surface area (Å²) in [4.78, 5) is 0. The molecule has 0 aromatic carbocycles. The highest BCUT2D eigenvalue weighted by Crippen LogP contribution is 2.00. The van der Waals surface area contributed by atoms with Gasteiger partial charge in [-0.3, -0.25) is 0 Å². The van der Waals surface area contributed by atoms with Gasteiger partial charge < -0.3 is 0 Å². The minimum atomic E-state index is 1.14. The molecule has 0 atom stereocenters. The van der Waals surface area contributed by atoms with Crippen LogP contribution in [0.3, 0.4) is 0 Å². The molecule has 0 spiro atoms. The van der Waals surface area contributed by atoms with Crippen molar-refractivity contribution in [2.24, 2.45) is 0 Å². The fourth-order valence-corrected chi connectivity index (χ4v) is 2.30. The van der Waals surface area contributed by atoms with E-state index >= 15 is 0 Å². The molecule has 2 aromatic rings. The van der Waals surface area contributed by atoms with Gasteiger partial charge in [0.25, 0.3) is 0 Å². The summed E-state index contributed by atoms with van der Waals surface area (Å²) in [6, 6.07) is 8.70. The Morgan fingerprint density at radius 2 is 0.950 bits per heavy atom. The van der Waals surface area contributed by atoms with Gasteiger partial charge in [-0.15, -0.1) is 0 Å². The van der Waals surface area contributed by atoms with Gasteiger partial charge in [0.05, 0.1) is 0 Å². The van der Waals surface area contributed by atoms with Gasteiger partial charge >= 0.3 is 0 Å². The zero-order valence-corrected chi connectivity index (χ0v) is 12.8. The number of aryl methyl sites for hydroxylation is 4. The quantitative estimate of drug-likeness (QED) is 0.539. The van der Waals surface area contributed by atoms with Crippen molar-refractivity contribution in [3.8, 4) is 0 Å². The zero-order valence-electron chi connectivity index (χ0n) is 12.8. The van der Waals surface area contributed by atoms with Crippen molar-refractivity contribution in [1.29, 1.82) is 0 Å². The molecule has 2 rings (SSSR count). The molecule has 0 saturated carbocycles. The molecular formula is C18H26N2+2. The second kappa shape index (κ2) is 7.78. The van der Waals surface area contributed by atoms with E-state index in [2.05, 4.69) is 72.0 Å². The summed E-state index contributed by atoms with van der Waals surface area (Å²) in [5.41, 5.74) is 2.66. The highest BCUT2D eigenvalue weighted by Gasteiger charge is 2.01. The van der Waals surface area contributed by atoms with E-state index in [1.165, 1.54) is 36.8 Å². The Bertz CT molecular complexity index is 450. The summed E-state index contributed by atoms with van der Waals surface area (Å²) in [7, 11) is 0. The number of nitrogens with zero attached hydrogens (tertiary/aromatic N) is 2. The third kappa shape index (κ3) is 5.12. The summed E-state index contributed by atoms with van der Waals surface area (Å²) >= 11 is 0. The minimum Gasteiger partial charge on any atom is -0.205 e. The summed E-state index contributed by atoms with van der Waals surface area (Å²) in [6.45, 7) is 6.54. The average molecular weight is 270 g/mol. The molecule has 2 aromatic heterocycles. The van der Waals surface area contributed by atoms with Gasteiger partial charge in [0.1, 0.15) is 13.1 Å². The summed E-state index contributed by atoms with van der Waals surface area (Å²) in [6.07, 6.45) is 13.9. The molecule has 2 heterocycles. The molecule has 0 aliphatic carbocycles. The number of aromatic nitrogens is 2. The number of pyridine rings is 2. The van der Waals surface area contributed by atoms with Crippen LogP contribution in [0.15, 0.2) is 49.1 Å². The Morgan fingerprint density at radius 3 is 1.30 bits per heavy atom. The molecule has 0 amide bonds. The highest BCUT2D eigenvalue weighted by molar-refractivity contribution is 5.03. The number of hydrogen-bond donors (Lipinski definition) is 0. The minimum absolute atomic E-state index is 1.14. The molecule has 2 heteroatoms. The molecule has 0 aliphatic heterocycles. The van der Waals surface area contributed by atoms with Gasteiger partial charge in [-0.1, -0.05) is 0 Å². The molecule has 0 bridgehead atoms. The Kier molecular flexibility index (Phi) is 5.72. The second-order valence-electron chi connectivity index (χ2n) is 5.64. The van der Waals surface area contributed by atoms with Crippen molar-refractivity contribution in [1.82, 2.24) is 0 Å². The van der Waals surface area contributed by atoms with Crippen LogP contribution in [0.25, 0.3) is 0 Å². The van der Waals surface area contributed by atoms with E-state index in [1.807, 2.05) is 0 Å². The molecule has 2 nitrogen and oxygen atoms in total. The molecule has 0 saturated heterocycles. The van der Waals surface area contributed by atoms with Crippen molar-refractivity contribution >= 4 is 0 Å². The van der Waals surface area contributed by atoms with Crippen LogP contribution < -0.4 is 9.13 Å². The van der Waals surface area contributed by atoms with Crippen molar-refractivity contribution in [2.75, 3.05) is 0 Å². The standard InChI is InChI=1S/C18H26N2/c1-17-7-13-19(14-8-17)11-5-3-4-6-12-20-15-9-18(2)10-16-20/h7-10,13-16H,3-6,11-12H2,1-2H3/q+2. The first kappa shape index (κ1) is 14.7. The van der Waals surface area contributed by atoms with E-state index in [0.717, 1.165) is 13.1 Å². The van der Waals surface area contributed by atoms with E-state index in [1.54, 1.807) is 0 Å². The molecule has 0 fully saturated rings. The van der Waals surface area contributed by atoms with E-state index in [9.17, 15) is 0 Å². The Morgan fingerprint density at radius 1 is 0.600 bits per heavy atom. The van der Waals surface area contributed by atoms with Crippen LogP contribution in [0.5, 0.6) is 0 Å². The van der Waals surface area contributed by atoms with Crippen LogP contribution in [-0.2, 0) is 13.1 Å². The lowest BCUT2D eigenvalue weighted by Crippen LogP contribution is -2.33. The summed E-state index contributed by atoms with van der Waals surface area (Å²) < 4.78 is 4.56. The zero-order chi connectivity index (χ0) is 14.2. The van der Waals surface area contributed by atoms with E-state index in [4.69, 9.17) is 0 Å². The lowest BCUT2D eigenvalue weighted by molar-refractivity contribution is -0.698. The van der Waals surface area contributed by atoms with Crippen molar-refractivity contribution in [2.45, 2.75) is 52.6 Å². The number of unbranched alkanes of at least 4 members (excludes halogenated alkanes) is 3. The van der Waals surface area contributed by atoms with Gasteiger partial charge in [-0.2, -0.15) is 0 Å². The third-order valence-corrected chi connectivity index (χ3v) is 3.70. The highest BCUT2D eigenvalue weighted by atomic mass is 14.9. The fraction of sp³-hybridized carbons (Fsp3) is 0.444. The Balaban J connectivity index is 1.57. The predicted octanol–water partition coefficient (Wildman–Crippen LogP) is 3.14. The number of rotatable bonds is 7. The number of hydrogen-bond acceptors (Lipinski definition) is 0. The van der Waals surface area contributed by atoms with Crippen molar-refractivity contribution in [3.05, 3.63) is 60.2 Å². The Hall–Kier alpha value is -1.70. The van der Waals surface area contributed by atoms with Gasteiger partial charge in [0.15, 0.2) is 24.8 Å². The normalized spacial score (nSPS) is 10.7. The monoisotopic (exact) mass is 270 g/mol. The first-order valence-corrected chi connectivity index (χ1v) is 7.65. The van der Waals surface area contributed by atoms with Crippen molar-refractivity contribution in [3.63, 3.8) is 0 Å². The predicted molar refractivity (Wildman–Crippen MR) is 81.2 cm³/mol. The van der Waals surface area contributed by atoms with Gasteiger partial charge in [0, 0.05) is 37.1 Å². The molecule has 0 radical (unpaired) electrons. The maximum atomic E-state index is 2.28.